The summed E-state index contributed by atoms with van der Waals surface area (Å²) in [4.78, 5) is 13.9. The summed E-state index contributed by atoms with van der Waals surface area (Å²) in [6.07, 6.45) is 2.32. The van der Waals surface area contributed by atoms with Crippen molar-refractivity contribution in [1.82, 2.24) is 10.2 Å². The fourth-order valence-corrected chi connectivity index (χ4v) is 2.55. The van der Waals surface area contributed by atoms with Crippen LogP contribution < -0.4 is 5.32 Å². The SMILES string of the molecule is CCN(C(=O)COCC1CNCC(C)(C)O1)C1CC1. The molecule has 1 amide bonds. The van der Waals surface area contributed by atoms with Gasteiger partial charge in [-0.3, -0.25) is 4.79 Å². The van der Waals surface area contributed by atoms with Gasteiger partial charge in [-0.15, -0.1) is 0 Å². The first kappa shape index (κ1) is 14.8. The van der Waals surface area contributed by atoms with E-state index in [1.54, 1.807) is 0 Å². The number of carbonyl (C=O) groups is 1. The molecule has 2 rings (SSSR count). The van der Waals surface area contributed by atoms with E-state index >= 15 is 0 Å². The van der Waals surface area contributed by atoms with Crippen LogP contribution in [-0.2, 0) is 14.3 Å². The van der Waals surface area contributed by atoms with E-state index in [0.717, 1.165) is 32.5 Å². The Bertz CT molecular complexity index is 316. The molecular formula is C14H26N2O3. The number of rotatable bonds is 6. The average molecular weight is 270 g/mol. The molecule has 2 aliphatic rings. The Morgan fingerprint density at radius 2 is 2.21 bits per heavy atom. The average Bonchev–Trinajstić information content (AvgIpc) is 3.13. The molecule has 1 N–H and O–H groups in total. The van der Waals surface area contributed by atoms with Crippen LogP contribution in [0.3, 0.4) is 0 Å². The van der Waals surface area contributed by atoms with Crippen LogP contribution in [0.4, 0.5) is 0 Å². The van der Waals surface area contributed by atoms with Crippen LogP contribution in [-0.4, -0.2) is 61.4 Å². The topological polar surface area (TPSA) is 50.8 Å². The highest BCUT2D eigenvalue weighted by molar-refractivity contribution is 5.78. The van der Waals surface area contributed by atoms with E-state index in [4.69, 9.17) is 9.47 Å². The van der Waals surface area contributed by atoms with Crippen LogP contribution in [0.2, 0.25) is 0 Å². The summed E-state index contributed by atoms with van der Waals surface area (Å²) < 4.78 is 11.4. The van der Waals surface area contributed by atoms with Crippen LogP contribution in [0.15, 0.2) is 0 Å². The smallest absolute Gasteiger partial charge is 0.248 e. The minimum absolute atomic E-state index is 0.0348. The van der Waals surface area contributed by atoms with Crippen molar-refractivity contribution in [3.63, 3.8) is 0 Å². The van der Waals surface area contributed by atoms with Gasteiger partial charge in [0, 0.05) is 25.7 Å². The normalized spacial score (nSPS) is 26.2. The Morgan fingerprint density at radius 3 is 2.79 bits per heavy atom. The molecule has 2 fully saturated rings. The molecule has 1 unspecified atom stereocenters. The second-order valence-electron chi connectivity index (χ2n) is 6.06. The monoisotopic (exact) mass is 270 g/mol. The maximum Gasteiger partial charge on any atom is 0.248 e. The van der Waals surface area contributed by atoms with Crippen LogP contribution in [0, 0.1) is 0 Å². The first-order valence-electron chi connectivity index (χ1n) is 7.27. The van der Waals surface area contributed by atoms with Crippen molar-refractivity contribution >= 4 is 5.91 Å². The number of amides is 1. The van der Waals surface area contributed by atoms with Gasteiger partial charge in [0.2, 0.25) is 5.91 Å². The molecule has 1 heterocycles. The van der Waals surface area contributed by atoms with Gasteiger partial charge in [0.05, 0.1) is 18.3 Å². The second kappa shape index (κ2) is 6.20. The van der Waals surface area contributed by atoms with Crippen molar-refractivity contribution in [2.75, 3.05) is 32.8 Å². The summed E-state index contributed by atoms with van der Waals surface area (Å²) in [5, 5.41) is 3.33. The molecule has 1 atom stereocenters. The number of nitrogens with one attached hydrogen (secondary N) is 1. The highest BCUT2D eigenvalue weighted by Gasteiger charge is 2.32. The van der Waals surface area contributed by atoms with E-state index in [2.05, 4.69) is 19.2 Å². The number of morpholine rings is 1. The minimum atomic E-state index is -0.153. The molecule has 5 heteroatoms. The van der Waals surface area contributed by atoms with E-state index in [1.165, 1.54) is 0 Å². The maximum atomic E-state index is 12.0. The summed E-state index contributed by atoms with van der Waals surface area (Å²) in [7, 11) is 0. The van der Waals surface area contributed by atoms with Gasteiger partial charge in [-0.1, -0.05) is 0 Å². The number of hydrogen-bond acceptors (Lipinski definition) is 4. The van der Waals surface area contributed by atoms with E-state index in [-0.39, 0.29) is 24.2 Å². The number of nitrogens with zero attached hydrogens (tertiary/aromatic N) is 1. The first-order valence-corrected chi connectivity index (χ1v) is 7.27. The molecule has 0 aromatic carbocycles. The summed E-state index contributed by atoms with van der Waals surface area (Å²) >= 11 is 0. The van der Waals surface area contributed by atoms with Gasteiger partial charge in [0.15, 0.2) is 0 Å². The number of carbonyl (C=O) groups excluding carboxylic acids is 1. The predicted octanol–water partition coefficient (Wildman–Crippen LogP) is 0.781. The zero-order valence-corrected chi connectivity index (χ0v) is 12.3. The van der Waals surface area contributed by atoms with Gasteiger partial charge in [0.1, 0.15) is 6.61 Å². The largest absolute Gasteiger partial charge is 0.369 e. The molecule has 0 spiro atoms. The molecular weight excluding hydrogens is 244 g/mol. The molecule has 0 aromatic rings. The molecule has 1 aliphatic heterocycles. The van der Waals surface area contributed by atoms with Gasteiger partial charge in [-0.05, 0) is 33.6 Å². The standard InChI is InChI=1S/C14H26N2O3/c1-4-16(11-5-6-11)13(17)9-18-8-12-7-15-10-14(2,3)19-12/h11-12,15H,4-10H2,1-3H3. The van der Waals surface area contributed by atoms with Gasteiger partial charge in [-0.2, -0.15) is 0 Å². The van der Waals surface area contributed by atoms with Gasteiger partial charge >= 0.3 is 0 Å². The Morgan fingerprint density at radius 1 is 1.47 bits per heavy atom. The third-order valence-corrected chi connectivity index (χ3v) is 3.59. The van der Waals surface area contributed by atoms with Crippen molar-refractivity contribution in [3.05, 3.63) is 0 Å². The zero-order chi connectivity index (χ0) is 13.9. The first-order chi connectivity index (χ1) is 9.02. The van der Waals surface area contributed by atoms with Crippen molar-refractivity contribution in [2.45, 2.75) is 51.4 Å². The lowest BCUT2D eigenvalue weighted by molar-refractivity contribution is -0.143. The summed E-state index contributed by atoms with van der Waals surface area (Å²) in [6, 6.07) is 0.465. The van der Waals surface area contributed by atoms with E-state index in [0.29, 0.717) is 12.6 Å². The highest BCUT2D eigenvalue weighted by atomic mass is 16.5. The molecule has 5 nitrogen and oxygen atoms in total. The summed E-state index contributed by atoms with van der Waals surface area (Å²) in [6.45, 7) is 9.21. The third kappa shape index (κ3) is 4.44. The molecule has 19 heavy (non-hydrogen) atoms. The van der Waals surface area contributed by atoms with Gasteiger partial charge in [0.25, 0.3) is 0 Å². The fourth-order valence-electron chi connectivity index (χ4n) is 2.55. The Kier molecular flexibility index (Phi) is 4.81. The van der Waals surface area contributed by atoms with Crippen LogP contribution >= 0.6 is 0 Å². The minimum Gasteiger partial charge on any atom is -0.369 e. The number of likely N-dealkylation sites (N-methyl/N-ethyl adjacent to an activating group) is 1. The van der Waals surface area contributed by atoms with E-state index in [1.807, 2.05) is 11.8 Å². The number of hydrogen-bond donors (Lipinski definition) is 1. The van der Waals surface area contributed by atoms with Crippen LogP contribution in [0.25, 0.3) is 0 Å². The molecule has 0 bridgehead atoms. The van der Waals surface area contributed by atoms with Crippen molar-refractivity contribution in [2.24, 2.45) is 0 Å². The number of ether oxygens (including phenoxy) is 2. The van der Waals surface area contributed by atoms with E-state index in [9.17, 15) is 4.79 Å². The van der Waals surface area contributed by atoms with Crippen molar-refractivity contribution in [3.8, 4) is 0 Å². The van der Waals surface area contributed by atoms with Gasteiger partial charge in [-0.25, -0.2) is 0 Å². The maximum absolute atomic E-state index is 12.0. The molecule has 110 valence electrons. The molecule has 0 radical (unpaired) electrons. The Balaban J connectivity index is 1.66. The Labute approximate surface area is 115 Å². The van der Waals surface area contributed by atoms with Crippen LogP contribution in [0.1, 0.15) is 33.6 Å². The lowest BCUT2D eigenvalue weighted by Crippen LogP contribution is -2.52. The fraction of sp³-hybridized carbons (Fsp3) is 0.929. The van der Waals surface area contributed by atoms with E-state index < -0.39 is 0 Å². The molecule has 0 aromatic heterocycles. The molecule has 1 saturated carbocycles. The van der Waals surface area contributed by atoms with Crippen LogP contribution in [0.5, 0.6) is 0 Å². The highest BCUT2D eigenvalue weighted by Crippen LogP contribution is 2.26. The lowest BCUT2D eigenvalue weighted by Gasteiger charge is -2.36. The third-order valence-electron chi connectivity index (χ3n) is 3.59. The quantitative estimate of drug-likeness (QED) is 0.775. The van der Waals surface area contributed by atoms with Crippen molar-refractivity contribution < 1.29 is 14.3 Å². The van der Waals surface area contributed by atoms with Crippen molar-refractivity contribution in [1.29, 1.82) is 0 Å². The predicted molar refractivity (Wildman–Crippen MR) is 73.0 cm³/mol. The summed E-state index contributed by atoms with van der Waals surface area (Å²) in [5.41, 5.74) is -0.153. The molecule has 1 aliphatic carbocycles. The summed E-state index contributed by atoms with van der Waals surface area (Å²) in [5.74, 6) is 0.105. The van der Waals surface area contributed by atoms with Gasteiger partial charge < -0.3 is 19.7 Å². The second-order valence-corrected chi connectivity index (χ2v) is 6.06. The molecule has 1 saturated heterocycles. The Hall–Kier alpha value is -0.650. The lowest BCUT2D eigenvalue weighted by atomic mass is 10.1. The zero-order valence-electron chi connectivity index (χ0n) is 12.3.